The van der Waals surface area contributed by atoms with Crippen molar-refractivity contribution in [3.05, 3.63) is 48.5 Å². The van der Waals surface area contributed by atoms with Crippen LogP contribution in [0.3, 0.4) is 0 Å². The second kappa shape index (κ2) is 4.53. The van der Waals surface area contributed by atoms with Gasteiger partial charge in [0.15, 0.2) is 0 Å². The molecule has 0 N–H and O–H groups in total. The minimum Gasteiger partial charge on any atom is -0.340 e. The van der Waals surface area contributed by atoms with Gasteiger partial charge in [-0.1, -0.05) is 52.3 Å². The third-order valence-electron chi connectivity index (χ3n) is 3.20. The lowest BCUT2D eigenvalue weighted by Gasteiger charge is -2.05. The van der Waals surface area contributed by atoms with Crippen LogP contribution < -0.4 is 0 Å². The molecule has 3 rings (SSSR count). The molecule has 0 aliphatic carbocycles. The van der Waals surface area contributed by atoms with E-state index in [2.05, 4.69) is 69.0 Å². The van der Waals surface area contributed by atoms with Crippen molar-refractivity contribution < 1.29 is 0 Å². The molecule has 2 heteroatoms. The van der Waals surface area contributed by atoms with E-state index in [0.717, 1.165) is 18.3 Å². The Labute approximate surface area is 109 Å². The number of hydrogen-bond donors (Lipinski definition) is 0. The number of halogens is 1. The Kier molecular flexibility index (Phi) is 2.89. The zero-order chi connectivity index (χ0) is 11.7. The molecule has 0 amide bonds. The second-order valence-electron chi connectivity index (χ2n) is 4.23. The maximum atomic E-state index is 3.51. The summed E-state index contributed by atoms with van der Waals surface area (Å²) >= 11 is 3.51. The Morgan fingerprint density at radius 1 is 0.824 bits per heavy atom. The first kappa shape index (κ1) is 10.8. The van der Waals surface area contributed by atoms with Crippen molar-refractivity contribution in [3.8, 4) is 0 Å². The zero-order valence-electron chi connectivity index (χ0n) is 9.57. The molecule has 0 fully saturated rings. The number of alkyl halides is 1. The Morgan fingerprint density at radius 3 is 1.88 bits per heavy atom. The smallest absolute Gasteiger partial charge is 0.0491 e. The van der Waals surface area contributed by atoms with Crippen molar-refractivity contribution in [2.24, 2.45) is 0 Å². The monoisotopic (exact) mass is 287 g/mol. The molecular formula is C15H14BrN. The van der Waals surface area contributed by atoms with Crippen molar-refractivity contribution in [3.63, 3.8) is 0 Å². The standard InChI is InChI=1S/C15H14BrN/c16-10-5-11-17-14-8-3-1-6-12(14)13-7-2-4-9-15(13)17/h1-4,6-9H,5,10-11H2. The topological polar surface area (TPSA) is 4.93 Å². The SMILES string of the molecule is BrCCCn1c2ccccc2c2ccccc21. The molecule has 0 spiro atoms. The normalized spacial score (nSPS) is 11.4. The number of aromatic nitrogens is 1. The summed E-state index contributed by atoms with van der Waals surface area (Å²) in [5.41, 5.74) is 2.68. The Balaban J connectivity index is 2.33. The highest BCUT2D eigenvalue weighted by atomic mass is 79.9. The van der Waals surface area contributed by atoms with Crippen LogP contribution in [0.25, 0.3) is 21.8 Å². The lowest BCUT2D eigenvalue weighted by atomic mass is 10.2. The van der Waals surface area contributed by atoms with Gasteiger partial charge in [0, 0.05) is 33.7 Å². The summed E-state index contributed by atoms with van der Waals surface area (Å²) in [5.74, 6) is 0. The van der Waals surface area contributed by atoms with Gasteiger partial charge in [0.05, 0.1) is 0 Å². The lowest BCUT2D eigenvalue weighted by molar-refractivity contribution is 0.732. The number of hydrogen-bond acceptors (Lipinski definition) is 0. The van der Waals surface area contributed by atoms with Gasteiger partial charge in [0.1, 0.15) is 0 Å². The van der Waals surface area contributed by atoms with Gasteiger partial charge in [0.25, 0.3) is 0 Å². The maximum Gasteiger partial charge on any atom is 0.0491 e. The number of fused-ring (bicyclic) bond motifs is 3. The summed E-state index contributed by atoms with van der Waals surface area (Å²) < 4.78 is 2.42. The molecule has 0 saturated carbocycles. The van der Waals surface area contributed by atoms with E-state index < -0.39 is 0 Å². The van der Waals surface area contributed by atoms with E-state index in [1.54, 1.807) is 0 Å². The van der Waals surface area contributed by atoms with E-state index in [4.69, 9.17) is 0 Å². The second-order valence-corrected chi connectivity index (χ2v) is 5.02. The van der Waals surface area contributed by atoms with E-state index in [0.29, 0.717) is 0 Å². The molecule has 1 nitrogen and oxygen atoms in total. The first-order chi connectivity index (χ1) is 8.42. The molecule has 0 atom stereocenters. The average molecular weight is 288 g/mol. The molecule has 0 bridgehead atoms. The van der Waals surface area contributed by atoms with Crippen LogP contribution in [-0.4, -0.2) is 9.90 Å². The zero-order valence-corrected chi connectivity index (χ0v) is 11.2. The number of rotatable bonds is 3. The third kappa shape index (κ3) is 1.77. The molecular weight excluding hydrogens is 274 g/mol. The number of aryl methyl sites for hydroxylation is 1. The summed E-state index contributed by atoms with van der Waals surface area (Å²) in [6.07, 6.45) is 1.16. The van der Waals surface area contributed by atoms with Crippen molar-refractivity contribution >= 4 is 37.7 Å². The van der Waals surface area contributed by atoms with Crippen LogP contribution in [0.15, 0.2) is 48.5 Å². The highest BCUT2D eigenvalue weighted by molar-refractivity contribution is 9.09. The van der Waals surface area contributed by atoms with Gasteiger partial charge in [0.2, 0.25) is 0 Å². The molecule has 1 heterocycles. The van der Waals surface area contributed by atoms with Gasteiger partial charge >= 0.3 is 0 Å². The molecule has 0 aliphatic rings. The highest BCUT2D eigenvalue weighted by Crippen LogP contribution is 2.28. The van der Waals surface area contributed by atoms with Crippen LogP contribution in [0, 0.1) is 0 Å². The minimum atomic E-state index is 1.05. The molecule has 0 radical (unpaired) electrons. The predicted molar refractivity (Wildman–Crippen MR) is 77.9 cm³/mol. The van der Waals surface area contributed by atoms with Crippen molar-refractivity contribution in [2.45, 2.75) is 13.0 Å². The van der Waals surface area contributed by atoms with Gasteiger partial charge in [-0.3, -0.25) is 0 Å². The van der Waals surface area contributed by atoms with E-state index in [1.807, 2.05) is 0 Å². The fourth-order valence-corrected chi connectivity index (χ4v) is 2.71. The molecule has 0 saturated heterocycles. The average Bonchev–Trinajstić information content (AvgIpc) is 2.71. The molecule has 2 aromatic carbocycles. The predicted octanol–water partition coefficient (Wildman–Crippen LogP) is 4.58. The van der Waals surface area contributed by atoms with Gasteiger partial charge in [-0.05, 0) is 18.6 Å². The molecule has 86 valence electrons. The molecule has 0 unspecified atom stereocenters. The van der Waals surface area contributed by atoms with Crippen molar-refractivity contribution in [2.75, 3.05) is 5.33 Å². The quantitative estimate of drug-likeness (QED) is 0.622. The molecule has 1 aromatic heterocycles. The van der Waals surface area contributed by atoms with E-state index in [-0.39, 0.29) is 0 Å². The summed E-state index contributed by atoms with van der Waals surface area (Å²) in [5, 5.41) is 3.77. The van der Waals surface area contributed by atoms with Gasteiger partial charge in [-0.15, -0.1) is 0 Å². The largest absolute Gasteiger partial charge is 0.340 e. The lowest BCUT2D eigenvalue weighted by Crippen LogP contribution is -1.97. The Hall–Kier alpha value is -1.28. The summed E-state index contributed by atoms with van der Waals surface area (Å²) in [6.45, 7) is 1.07. The van der Waals surface area contributed by atoms with Crippen LogP contribution in [0.1, 0.15) is 6.42 Å². The van der Waals surface area contributed by atoms with E-state index >= 15 is 0 Å². The van der Waals surface area contributed by atoms with E-state index in [9.17, 15) is 0 Å². The van der Waals surface area contributed by atoms with Crippen LogP contribution in [-0.2, 0) is 6.54 Å². The van der Waals surface area contributed by atoms with E-state index in [1.165, 1.54) is 21.8 Å². The summed E-state index contributed by atoms with van der Waals surface area (Å²) in [4.78, 5) is 0. The Morgan fingerprint density at radius 2 is 1.35 bits per heavy atom. The molecule has 0 aliphatic heterocycles. The summed E-state index contributed by atoms with van der Waals surface area (Å²) in [6, 6.07) is 17.3. The van der Waals surface area contributed by atoms with Crippen LogP contribution >= 0.6 is 15.9 Å². The molecule has 3 aromatic rings. The van der Waals surface area contributed by atoms with Crippen LogP contribution in [0.4, 0.5) is 0 Å². The van der Waals surface area contributed by atoms with Crippen LogP contribution in [0.2, 0.25) is 0 Å². The van der Waals surface area contributed by atoms with Gasteiger partial charge in [-0.2, -0.15) is 0 Å². The minimum absolute atomic E-state index is 1.05. The fourth-order valence-electron chi connectivity index (χ4n) is 2.46. The number of para-hydroxylation sites is 2. The van der Waals surface area contributed by atoms with Gasteiger partial charge in [-0.25, -0.2) is 0 Å². The summed E-state index contributed by atoms with van der Waals surface area (Å²) in [7, 11) is 0. The van der Waals surface area contributed by atoms with Crippen LogP contribution in [0.5, 0.6) is 0 Å². The first-order valence-electron chi connectivity index (χ1n) is 5.94. The maximum absolute atomic E-state index is 3.51. The van der Waals surface area contributed by atoms with Crippen molar-refractivity contribution in [1.29, 1.82) is 0 Å². The Bertz CT molecular complexity index is 601. The molecule has 17 heavy (non-hydrogen) atoms. The third-order valence-corrected chi connectivity index (χ3v) is 3.76. The van der Waals surface area contributed by atoms with Gasteiger partial charge < -0.3 is 4.57 Å². The first-order valence-corrected chi connectivity index (χ1v) is 7.06. The van der Waals surface area contributed by atoms with Crippen molar-refractivity contribution in [1.82, 2.24) is 4.57 Å². The number of benzene rings is 2. The fraction of sp³-hybridized carbons (Fsp3) is 0.200. The highest BCUT2D eigenvalue weighted by Gasteiger charge is 2.08. The number of nitrogens with zero attached hydrogens (tertiary/aromatic N) is 1.